The van der Waals surface area contributed by atoms with E-state index >= 15 is 0 Å². The molecule has 0 aliphatic carbocycles. The lowest BCUT2D eigenvalue weighted by Crippen LogP contribution is -2.15. The summed E-state index contributed by atoms with van der Waals surface area (Å²) in [5.74, 6) is -0.232. The molecular formula is C13H12BrN3O. The van der Waals surface area contributed by atoms with E-state index in [1.165, 1.54) is 0 Å². The first kappa shape index (κ1) is 12.6. The van der Waals surface area contributed by atoms with Crippen molar-refractivity contribution in [1.29, 1.82) is 0 Å². The highest BCUT2D eigenvalue weighted by molar-refractivity contribution is 9.10. The Balaban J connectivity index is 2.22. The topological polar surface area (TPSA) is 68.0 Å². The van der Waals surface area contributed by atoms with E-state index in [1.807, 2.05) is 13.0 Å². The van der Waals surface area contributed by atoms with Gasteiger partial charge in [-0.15, -0.1) is 0 Å². The number of nitrogen functional groups attached to an aromatic ring is 1. The summed E-state index contributed by atoms with van der Waals surface area (Å²) in [6.45, 7) is 1.85. The van der Waals surface area contributed by atoms with E-state index in [4.69, 9.17) is 5.73 Å². The summed E-state index contributed by atoms with van der Waals surface area (Å²) in [6.07, 6.45) is 1.60. The maximum absolute atomic E-state index is 12.0. The summed E-state index contributed by atoms with van der Waals surface area (Å²) in [5.41, 5.74) is 8.24. The van der Waals surface area contributed by atoms with E-state index in [0.29, 0.717) is 17.1 Å². The molecule has 4 nitrogen and oxygen atoms in total. The second-order valence-electron chi connectivity index (χ2n) is 3.86. The number of rotatable bonds is 2. The summed E-state index contributed by atoms with van der Waals surface area (Å²) in [4.78, 5) is 16.1. The smallest absolute Gasteiger partial charge is 0.274 e. The number of nitrogens with one attached hydrogen (secondary N) is 1. The van der Waals surface area contributed by atoms with Gasteiger partial charge < -0.3 is 11.1 Å². The second kappa shape index (κ2) is 5.18. The van der Waals surface area contributed by atoms with Crippen LogP contribution in [-0.4, -0.2) is 10.9 Å². The molecule has 0 saturated heterocycles. The summed E-state index contributed by atoms with van der Waals surface area (Å²) in [7, 11) is 0. The molecule has 5 heteroatoms. The Hall–Kier alpha value is -1.88. The van der Waals surface area contributed by atoms with Crippen molar-refractivity contribution in [2.24, 2.45) is 0 Å². The minimum absolute atomic E-state index is 0.232. The minimum atomic E-state index is -0.232. The Kier molecular flexibility index (Phi) is 3.62. The fraction of sp³-hybridized carbons (Fsp3) is 0.0769. The number of benzene rings is 1. The number of nitrogens with two attached hydrogens (primary N) is 1. The van der Waals surface area contributed by atoms with Gasteiger partial charge in [0.1, 0.15) is 5.69 Å². The van der Waals surface area contributed by atoms with Crippen LogP contribution in [0.2, 0.25) is 0 Å². The number of aryl methyl sites for hydroxylation is 1. The molecule has 0 aliphatic heterocycles. The van der Waals surface area contributed by atoms with E-state index in [2.05, 4.69) is 26.2 Å². The van der Waals surface area contributed by atoms with Crippen LogP contribution in [0.25, 0.3) is 0 Å². The van der Waals surface area contributed by atoms with E-state index in [1.54, 1.807) is 30.5 Å². The number of hydrogen-bond donors (Lipinski definition) is 2. The molecule has 1 amide bonds. The van der Waals surface area contributed by atoms with Gasteiger partial charge in [-0.1, -0.05) is 6.07 Å². The van der Waals surface area contributed by atoms with Crippen LogP contribution in [0.4, 0.5) is 11.4 Å². The van der Waals surface area contributed by atoms with Crippen molar-refractivity contribution in [2.45, 2.75) is 6.92 Å². The third-order valence-corrected chi connectivity index (χ3v) is 3.17. The van der Waals surface area contributed by atoms with Gasteiger partial charge in [-0.2, -0.15) is 0 Å². The predicted molar refractivity (Wildman–Crippen MR) is 75.5 cm³/mol. The van der Waals surface area contributed by atoms with Gasteiger partial charge in [0.25, 0.3) is 5.91 Å². The van der Waals surface area contributed by atoms with Crippen LogP contribution >= 0.6 is 15.9 Å². The number of hydrogen-bond acceptors (Lipinski definition) is 3. The van der Waals surface area contributed by atoms with E-state index in [-0.39, 0.29) is 5.91 Å². The number of anilines is 2. The third kappa shape index (κ3) is 2.68. The lowest BCUT2D eigenvalue weighted by molar-refractivity contribution is 0.102. The van der Waals surface area contributed by atoms with Gasteiger partial charge in [-0.25, -0.2) is 0 Å². The van der Waals surface area contributed by atoms with Gasteiger partial charge in [0.2, 0.25) is 0 Å². The molecule has 0 unspecified atom stereocenters. The van der Waals surface area contributed by atoms with Gasteiger partial charge >= 0.3 is 0 Å². The molecule has 0 bridgehead atoms. The normalized spacial score (nSPS) is 10.1. The lowest BCUT2D eigenvalue weighted by atomic mass is 10.2. The maximum Gasteiger partial charge on any atom is 0.274 e. The SMILES string of the molecule is Cc1cccnc1C(=O)Nc1ccc(N)c(Br)c1. The van der Waals surface area contributed by atoms with Gasteiger partial charge in [0.15, 0.2) is 0 Å². The second-order valence-corrected chi connectivity index (χ2v) is 4.71. The van der Waals surface area contributed by atoms with Crippen molar-refractivity contribution in [1.82, 2.24) is 4.98 Å². The Labute approximate surface area is 113 Å². The van der Waals surface area contributed by atoms with Crippen LogP contribution in [0.5, 0.6) is 0 Å². The molecule has 1 heterocycles. The maximum atomic E-state index is 12.0. The van der Waals surface area contributed by atoms with Crippen LogP contribution in [0.1, 0.15) is 16.1 Å². The van der Waals surface area contributed by atoms with Crippen LogP contribution in [-0.2, 0) is 0 Å². The van der Waals surface area contributed by atoms with Crippen molar-refractivity contribution >= 4 is 33.2 Å². The molecule has 0 spiro atoms. The number of carbonyl (C=O) groups excluding carboxylic acids is 1. The highest BCUT2D eigenvalue weighted by Gasteiger charge is 2.10. The van der Waals surface area contributed by atoms with Gasteiger partial charge in [0.05, 0.1) is 0 Å². The molecule has 0 atom stereocenters. The molecule has 1 aromatic carbocycles. The first-order chi connectivity index (χ1) is 8.58. The molecule has 92 valence electrons. The standard InChI is InChI=1S/C13H12BrN3O/c1-8-3-2-6-16-12(8)13(18)17-9-4-5-11(15)10(14)7-9/h2-7H,15H2,1H3,(H,17,18). The van der Waals surface area contributed by atoms with Crippen LogP contribution in [0, 0.1) is 6.92 Å². The van der Waals surface area contributed by atoms with Crippen LogP contribution in [0.15, 0.2) is 41.0 Å². The van der Waals surface area contributed by atoms with Crippen molar-refractivity contribution in [3.05, 3.63) is 52.3 Å². The zero-order valence-corrected chi connectivity index (χ0v) is 11.4. The van der Waals surface area contributed by atoms with E-state index < -0.39 is 0 Å². The molecule has 0 fully saturated rings. The first-order valence-electron chi connectivity index (χ1n) is 5.36. The lowest BCUT2D eigenvalue weighted by Gasteiger charge is -2.07. The number of carbonyl (C=O) groups is 1. The van der Waals surface area contributed by atoms with Crippen molar-refractivity contribution in [3.63, 3.8) is 0 Å². The molecule has 18 heavy (non-hydrogen) atoms. The number of amides is 1. The molecule has 0 radical (unpaired) electrons. The van der Waals surface area contributed by atoms with Gasteiger partial charge in [-0.05, 0) is 52.7 Å². The Bertz CT molecular complexity index is 599. The monoisotopic (exact) mass is 305 g/mol. The molecule has 0 saturated carbocycles. The van der Waals surface area contributed by atoms with E-state index in [9.17, 15) is 4.79 Å². The highest BCUT2D eigenvalue weighted by atomic mass is 79.9. The Morgan fingerprint density at radius 1 is 1.39 bits per heavy atom. The number of halogens is 1. The molecular weight excluding hydrogens is 294 g/mol. The number of aromatic nitrogens is 1. The molecule has 1 aromatic heterocycles. The predicted octanol–water partition coefficient (Wildman–Crippen LogP) is 2.99. The van der Waals surface area contributed by atoms with Crippen LogP contribution < -0.4 is 11.1 Å². The molecule has 2 rings (SSSR count). The Morgan fingerprint density at radius 3 is 2.83 bits per heavy atom. The fourth-order valence-corrected chi connectivity index (χ4v) is 1.90. The van der Waals surface area contributed by atoms with E-state index in [0.717, 1.165) is 10.0 Å². The zero-order chi connectivity index (χ0) is 13.1. The van der Waals surface area contributed by atoms with Crippen molar-refractivity contribution in [2.75, 3.05) is 11.1 Å². The third-order valence-electron chi connectivity index (χ3n) is 2.48. The summed E-state index contributed by atoms with van der Waals surface area (Å²) in [6, 6.07) is 8.87. The largest absolute Gasteiger partial charge is 0.398 e. The van der Waals surface area contributed by atoms with Gasteiger partial charge in [0, 0.05) is 22.0 Å². The first-order valence-corrected chi connectivity index (χ1v) is 6.15. The summed E-state index contributed by atoms with van der Waals surface area (Å²) < 4.78 is 0.748. The average molecular weight is 306 g/mol. The highest BCUT2D eigenvalue weighted by Crippen LogP contribution is 2.23. The average Bonchev–Trinajstić information content (AvgIpc) is 2.34. The van der Waals surface area contributed by atoms with Crippen LogP contribution in [0.3, 0.4) is 0 Å². The summed E-state index contributed by atoms with van der Waals surface area (Å²) >= 11 is 3.31. The fourth-order valence-electron chi connectivity index (χ4n) is 1.52. The quantitative estimate of drug-likeness (QED) is 0.838. The van der Waals surface area contributed by atoms with Crippen molar-refractivity contribution in [3.8, 4) is 0 Å². The van der Waals surface area contributed by atoms with Gasteiger partial charge in [-0.3, -0.25) is 9.78 Å². The molecule has 0 aliphatic rings. The molecule has 2 aromatic rings. The summed E-state index contributed by atoms with van der Waals surface area (Å²) in [5, 5.41) is 2.78. The zero-order valence-electron chi connectivity index (χ0n) is 9.77. The molecule has 3 N–H and O–H groups in total. The van der Waals surface area contributed by atoms with Crippen molar-refractivity contribution < 1.29 is 4.79 Å². The number of nitrogens with zero attached hydrogens (tertiary/aromatic N) is 1. The Morgan fingerprint density at radius 2 is 2.17 bits per heavy atom. The number of pyridine rings is 1. The minimum Gasteiger partial charge on any atom is -0.398 e.